The van der Waals surface area contributed by atoms with Gasteiger partial charge in [-0.05, 0) is 123 Å². The molecule has 0 saturated carbocycles. The van der Waals surface area contributed by atoms with Gasteiger partial charge in [-0.25, -0.2) is 0 Å². The minimum atomic E-state index is -0.698. The average molecular weight is 843 g/mol. The Bertz CT molecular complexity index is 3540. The first kappa shape index (κ1) is 37.9. The summed E-state index contributed by atoms with van der Waals surface area (Å²) < 4.78 is 7.03. The zero-order valence-corrected chi connectivity index (χ0v) is 36.1. The van der Waals surface area contributed by atoms with E-state index in [2.05, 4.69) is 265 Å². The van der Waals surface area contributed by atoms with Gasteiger partial charge in [-0.1, -0.05) is 176 Å². The van der Waals surface area contributed by atoms with Gasteiger partial charge in [-0.15, -0.1) is 0 Å². The molecule has 0 amide bonds. The molecule has 0 saturated heterocycles. The van der Waals surface area contributed by atoms with Crippen LogP contribution in [0.5, 0.6) is 0 Å². The van der Waals surface area contributed by atoms with Gasteiger partial charge >= 0.3 is 0 Å². The first-order valence-electron chi connectivity index (χ1n) is 22.7. The van der Waals surface area contributed by atoms with Crippen molar-refractivity contribution in [2.24, 2.45) is 0 Å². The number of anilines is 6. The SMILES string of the molecule is c1ccc(-c2ccc(N(c3ccc4c(c3)C3(c5ccccc5-4)c4cc(N(c5ccccc5)c5ccccc5)ccc4-c4oc5ccccc5c43)c3ccccc3-c3ccccc3)cc2)cc1. The van der Waals surface area contributed by atoms with Crippen LogP contribution in [-0.2, 0) is 5.41 Å². The maximum atomic E-state index is 7.03. The molecule has 310 valence electrons. The summed E-state index contributed by atoms with van der Waals surface area (Å²) in [5, 5.41) is 1.13. The lowest BCUT2D eigenvalue weighted by Crippen LogP contribution is -2.26. The van der Waals surface area contributed by atoms with Crippen molar-refractivity contribution in [3.63, 3.8) is 0 Å². The summed E-state index contributed by atoms with van der Waals surface area (Å²) >= 11 is 0. The fourth-order valence-corrected chi connectivity index (χ4v) is 10.9. The van der Waals surface area contributed by atoms with Crippen LogP contribution in [0.1, 0.15) is 22.3 Å². The van der Waals surface area contributed by atoms with Crippen LogP contribution < -0.4 is 9.80 Å². The Balaban J connectivity index is 1.09. The van der Waals surface area contributed by atoms with Crippen LogP contribution in [0.4, 0.5) is 34.1 Å². The van der Waals surface area contributed by atoms with Gasteiger partial charge in [-0.3, -0.25) is 0 Å². The summed E-state index contributed by atoms with van der Waals surface area (Å²) in [6, 6.07) is 92.3. The number of fused-ring (bicyclic) bond motifs is 12. The monoisotopic (exact) mass is 842 g/mol. The summed E-state index contributed by atoms with van der Waals surface area (Å²) in [6.45, 7) is 0. The molecule has 10 aromatic carbocycles. The van der Waals surface area contributed by atoms with E-state index in [-0.39, 0.29) is 0 Å². The van der Waals surface area contributed by atoms with Crippen LogP contribution in [0.25, 0.3) is 55.7 Å². The van der Waals surface area contributed by atoms with Gasteiger partial charge in [0.15, 0.2) is 0 Å². The van der Waals surface area contributed by atoms with E-state index in [4.69, 9.17) is 4.42 Å². The lowest BCUT2D eigenvalue weighted by molar-refractivity contribution is 0.628. The minimum Gasteiger partial charge on any atom is -0.456 e. The first-order valence-corrected chi connectivity index (χ1v) is 22.7. The zero-order chi connectivity index (χ0) is 43.6. The molecule has 1 atom stereocenters. The third kappa shape index (κ3) is 5.77. The molecule has 11 aromatic rings. The normalized spacial score (nSPS) is 14.1. The summed E-state index contributed by atoms with van der Waals surface area (Å²) in [4.78, 5) is 4.81. The lowest BCUT2D eigenvalue weighted by atomic mass is 9.70. The van der Waals surface area contributed by atoms with Crippen molar-refractivity contribution < 1.29 is 4.42 Å². The minimum absolute atomic E-state index is 0.698. The van der Waals surface area contributed by atoms with E-state index in [9.17, 15) is 0 Å². The van der Waals surface area contributed by atoms with Gasteiger partial charge in [0.25, 0.3) is 0 Å². The highest BCUT2D eigenvalue weighted by atomic mass is 16.3. The van der Waals surface area contributed by atoms with Gasteiger partial charge in [-0.2, -0.15) is 0 Å². The van der Waals surface area contributed by atoms with Gasteiger partial charge in [0.05, 0.1) is 11.1 Å². The Labute approximate surface area is 384 Å². The van der Waals surface area contributed by atoms with Gasteiger partial charge in [0.2, 0.25) is 0 Å². The van der Waals surface area contributed by atoms with Crippen molar-refractivity contribution in [1.82, 2.24) is 0 Å². The highest BCUT2D eigenvalue weighted by Gasteiger charge is 2.55. The number of furan rings is 1. The molecule has 0 aliphatic heterocycles. The van der Waals surface area contributed by atoms with Crippen molar-refractivity contribution in [2.75, 3.05) is 9.80 Å². The predicted molar refractivity (Wildman–Crippen MR) is 273 cm³/mol. The molecule has 1 aromatic heterocycles. The Morgan fingerprint density at radius 1 is 0.303 bits per heavy atom. The second-order valence-corrected chi connectivity index (χ2v) is 17.2. The third-order valence-corrected chi connectivity index (χ3v) is 13.7. The van der Waals surface area contributed by atoms with Gasteiger partial charge in [0.1, 0.15) is 11.3 Å². The fraction of sp³-hybridized carbons (Fsp3) is 0.0159. The Morgan fingerprint density at radius 2 is 0.773 bits per heavy atom. The molecule has 0 fully saturated rings. The predicted octanol–water partition coefficient (Wildman–Crippen LogP) is 17.0. The van der Waals surface area contributed by atoms with Crippen LogP contribution in [0.3, 0.4) is 0 Å². The third-order valence-electron chi connectivity index (χ3n) is 13.7. The molecule has 2 aliphatic carbocycles. The molecule has 0 radical (unpaired) electrons. The molecule has 0 N–H and O–H groups in total. The summed E-state index contributed by atoms with van der Waals surface area (Å²) in [5.41, 5.74) is 19.9. The van der Waals surface area contributed by atoms with E-state index in [1.807, 2.05) is 0 Å². The number of benzene rings is 10. The molecular formula is C63H42N2O. The van der Waals surface area contributed by atoms with E-state index in [0.29, 0.717) is 0 Å². The summed E-state index contributed by atoms with van der Waals surface area (Å²) in [6.07, 6.45) is 0. The standard InChI is InChI=1S/C63H42N2O/c1-5-19-43(20-6-1)44-33-35-48(36-34-44)65(59-31-17-14-27-51(59)45-21-7-2-8-22-45)50-37-39-53-52-28-13-16-30-56(52)63(57(53)42-50)58-41-49(64(46-23-9-3-10-24-46)47-25-11-4-12-26-47)38-40-54(58)62-61(63)55-29-15-18-32-60(55)66-62/h1-42H. The second-order valence-electron chi connectivity index (χ2n) is 17.2. The molecule has 1 unspecified atom stereocenters. The Morgan fingerprint density at radius 3 is 1.47 bits per heavy atom. The molecule has 1 spiro atoms. The fourth-order valence-electron chi connectivity index (χ4n) is 10.9. The van der Waals surface area contributed by atoms with E-state index in [1.165, 1.54) is 44.5 Å². The molecular weight excluding hydrogens is 801 g/mol. The molecule has 2 aliphatic rings. The number of rotatable bonds is 8. The zero-order valence-electron chi connectivity index (χ0n) is 36.1. The quantitative estimate of drug-likeness (QED) is 0.152. The Kier molecular flexibility index (Phi) is 8.75. The first-order chi connectivity index (χ1) is 32.8. The van der Waals surface area contributed by atoms with Crippen LogP contribution in [0, 0.1) is 0 Å². The number of hydrogen-bond acceptors (Lipinski definition) is 3. The largest absolute Gasteiger partial charge is 0.456 e. The molecule has 0 bridgehead atoms. The van der Waals surface area contributed by atoms with Crippen molar-refractivity contribution in [3.05, 3.63) is 277 Å². The van der Waals surface area contributed by atoms with Crippen LogP contribution in [0.15, 0.2) is 259 Å². The smallest absolute Gasteiger partial charge is 0.140 e. The van der Waals surface area contributed by atoms with Crippen LogP contribution >= 0.6 is 0 Å². The number of nitrogens with zero attached hydrogens (tertiary/aromatic N) is 2. The molecule has 13 rings (SSSR count). The topological polar surface area (TPSA) is 19.6 Å². The maximum Gasteiger partial charge on any atom is 0.140 e. The molecule has 1 heterocycles. The maximum absolute atomic E-state index is 7.03. The second kappa shape index (κ2) is 15.3. The Hall–Kier alpha value is -8.66. The number of hydrogen-bond donors (Lipinski definition) is 0. The molecule has 3 heteroatoms. The van der Waals surface area contributed by atoms with Gasteiger partial charge < -0.3 is 14.2 Å². The highest BCUT2D eigenvalue weighted by molar-refractivity contribution is 6.03. The van der Waals surface area contributed by atoms with E-state index < -0.39 is 5.41 Å². The van der Waals surface area contributed by atoms with Crippen molar-refractivity contribution in [2.45, 2.75) is 5.41 Å². The van der Waals surface area contributed by atoms with Crippen molar-refractivity contribution in [1.29, 1.82) is 0 Å². The average Bonchev–Trinajstić information content (AvgIpc) is 4.01. The lowest BCUT2D eigenvalue weighted by Gasteiger charge is -2.33. The molecule has 3 nitrogen and oxygen atoms in total. The number of para-hydroxylation sites is 4. The van der Waals surface area contributed by atoms with E-state index >= 15 is 0 Å². The van der Waals surface area contributed by atoms with E-state index in [1.54, 1.807) is 0 Å². The molecule has 66 heavy (non-hydrogen) atoms. The van der Waals surface area contributed by atoms with Gasteiger partial charge in [0, 0.05) is 50.5 Å². The van der Waals surface area contributed by atoms with Crippen molar-refractivity contribution >= 4 is 45.1 Å². The van der Waals surface area contributed by atoms with E-state index in [0.717, 1.165) is 67.5 Å². The summed E-state index contributed by atoms with van der Waals surface area (Å²) in [7, 11) is 0. The van der Waals surface area contributed by atoms with Crippen molar-refractivity contribution in [3.8, 4) is 44.7 Å². The summed E-state index contributed by atoms with van der Waals surface area (Å²) in [5.74, 6) is 0.930. The van der Waals surface area contributed by atoms with Crippen LogP contribution in [-0.4, -0.2) is 0 Å². The highest BCUT2D eigenvalue weighted by Crippen LogP contribution is 2.66. The van der Waals surface area contributed by atoms with Crippen LogP contribution in [0.2, 0.25) is 0 Å².